The number of halogens is 1. The van der Waals surface area contributed by atoms with Crippen LogP contribution in [0.5, 0.6) is 0 Å². The van der Waals surface area contributed by atoms with Crippen LogP contribution in [-0.4, -0.2) is 5.33 Å². The van der Waals surface area contributed by atoms with Gasteiger partial charge in [-0.1, -0.05) is 28.1 Å². The summed E-state index contributed by atoms with van der Waals surface area (Å²) in [5.74, 6) is 0. The molecule has 61 valence electrons. The number of alkyl halides is 1. The van der Waals surface area contributed by atoms with E-state index >= 15 is 0 Å². The summed E-state index contributed by atoms with van der Waals surface area (Å²) in [6, 6.07) is 6.27. The molecule has 1 aromatic rings. The van der Waals surface area contributed by atoms with E-state index in [9.17, 15) is 0 Å². The molecule has 0 bridgehead atoms. The highest BCUT2D eigenvalue weighted by Crippen LogP contribution is 2.26. The third kappa shape index (κ3) is 1.27. The molecule has 1 aromatic carbocycles. The van der Waals surface area contributed by atoms with Crippen LogP contribution in [0.1, 0.15) is 11.1 Å². The van der Waals surface area contributed by atoms with E-state index < -0.39 is 0 Å². The molecule has 1 heterocycles. The van der Waals surface area contributed by atoms with Crippen LogP contribution in [0, 0.1) is 0 Å². The van der Waals surface area contributed by atoms with Crippen molar-refractivity contribution in [2.24, 2.45) is 0 Å². The smallest absolute Gasteiger partial charge is 0.0705 e. The summed E-state index contributed by atoms with van der Waals surface area (Å²) in [5, 5.41) is 5.26. The zero-order valence-corrected chi connectivity index (χ0v) is 8.21. The molecule has 0 amide bonds. The van der Waals surface area contributed by atoms with Gasteiger partial charge in [0.05, 0.1) is 5.69 Å². The van der Waals surface area contributed by atoms with Gasteiger partial charge < -0.3 is 0 Å². The molecule has 0 aliphatic carbocycles. The Morgan fingerprint density at radius 1 is 1.33 bits per heavy atom. The van der Waals surface area contributed by atoms with Crippen LogP contribution in [0.2, 0.25) is 0 Å². The number of nitrogens with zero attached hydrogens (tertiary/aromatic N) is 1. The summed E-state index contributed by atoms with van der Waals surface area (Å²) in [6.07, 6.45) is 5.01. The van der Waals surface area contributed by atoms with Crippen molar-refractivity contribution in [3.05, 3.63) is 35.5 Å². The maximum Gasteiger partial charge on any atom is 0.0705 e. The van der Waals surface area contributed by atoms with E-state index in [1.807, 2.05) is 12.3 Å². The molecule has 0 N–H and O–H groups in total. The summed E-state index contributed by atoms with van der Waals surface area (Å²) in [6.45, 7) is 0. The molecule has 1 nitrogen and oxygen atoms in total. The van der Waals surface area contributed by atoms with Gasteiger partial charge in [-0.05, 0) is 24.1 Å². The molecule has 0 spiro atoms. The molecule has 1 aliphatic heterocycles. The fourth-order valence-corrected chi connectivity index (χ4v) is 1.84. The Balaban J connectivity index is 2.41. The second-order valence-electron chi connectivity index (χ2n) is 2.73. The van der Waals surface area contributed by atoms with Gasteiger partial charge in [0.2, 0.25) is 0 Å². The minimum absolute atomic E-state index is 1.01. The lowest BCUT2D eigenvalue weighted by Gasteiger charge is -2.03. The topological polar surface area (TPSA) is 14.1 Å². The van der Waals surface area contributed by atoms with Gasteiger partial charge in [-0.2, -0.15) is 0 Å². The minimum atomic E-state index is 1.01. The summed E-state index contributed by atoms with van der Waals surface area (Å²) < 4.78 is 0. The predicted molar refractivity (Wildman–Crippen MR) is 54.8 cm³/mol. The fraction of sp³-hybridized carbons (Fsp3) is 0.200. The van der Waals surface area contributed by atoms with Crippen molar-refractivity contribution in [3.63, 3.8) is 0 Å². The van der Waals surface area contributed by atoms with Gasteiger partial charge in [-0.15, -0.1) is 0 Å². The normalized spacial score (nSPS) is 12.8. The van der Waals surface area contributed by atoms with Gasteiger partial charge in [0.1, 0.15) is 0 Å². The largest absolute Gasteiger partial charge is 0.256 e. The van der Waals surface area contributed by atoms with Crippen molar-refractivity contribution in [3.8, 4) is 0 Å². The lowest BCUT2D eigenvalue weighted by Crippen LogP contribution is -1.90. The molecule has 0 unspecified atom stereocenters. The first-order valence-electron chi connectivity index (χ1n) is 3.97. The zero-order valence-electron chi connectivity index (χ0n) is 6.63. The van der Waals surface area contributed by atoms with Crippen LogP contribution in [0.25, 0.3) is 6.08 Å². The Hall–Kier alpha value is -0.760. The maximum atomic E-state index is 4.25. The standard InChI is InChI=1S/C10H9BrN/c11-6-4-8-2-1-3-10-9(8)5-7-12-10/h1-3,5,7H,4,6H2. The van der Waals surface area contributed by atoms with Gasteiger partial charge in [-0.3, -0.25) is 5.32 Å². The Kier molecular flexibility index (Phi) is 2.17. The van der Waals surface area contributed by atoms with E-state index in [2.05, 4.69) is 39.5 Å². The fourth-order valence-electron chi connectivity index (χ4n) is 1.42. The lowest BCUT2D eigenvalue weighted by atomic mass is 10.0. The Morgan fingerprint density at radius 2 is 2.25 bits per heavy atom. The quantitative estimate of drug-likeness (QED) is 0.684. The maximum absolute atomic E-state index is 4.25. The third-order valence-electron chi connectivity index (χ3n) is 1.99. The molecule has 0 saturated heterocycles. The number of hydrogen-bond donors (Lipinski definition) is 0. The van der Waals surface area contributed by atoms with Crippen LogP contribution < -0.4 is 5.32 Å². The van der Waals surface area contributed by atoms with Crippen molar-refractivity contribution < 1.29 is 0 Å². The average Bonchev–Trinajstić information content (AvgIpc) is 2.53. The molecule has 0 atom stereocenters. The average molecular weight is 223 g/mol. The van der Waals surface area contributed by atoms with Crippen LogP contribution in [0.15, 0.2) is 24.4 Å². The molecule has 2 heteroatoms. The number of aryl methyl sites for hydroxylation is 1. The van der Waals surface area contributed by atoms with Crippen LogP contribution >= 0.6 is 15.9 Å². The number of rotatable bonds is 2. The number of fused-ring (bicyclic) bond motifs is 1. The van der Waals surface area contributed by atoms with Crippen molar-refractivity contribution in [1.82, 2.24) is 5.32 Å². The van der Waals surface area contributed by atoms with Gasteiger partial charge in [0.15, 0.2) is 0 Å². The van der Waals surface area contributed by atoms with Crippen molar-refractivity contribution >= 4 is 27.7 Å². The van der Waals surface area contributed by atoms with Crippen LogP contribution in [-0.2, 0) is 6.42 Å². The summed E-state index contributed by atoms with van der Waals surface area (Å²) >= 11 is 3.44. The second kappa shape index (κ2) is 3.31. The van der Waals surface area contributed by atoms with Gasteiger partial charge >= 0.3 is 0 Å². The van der Waals surface area contributed by atoms with Gasteiger partial charge in [0, 0.05) is 17.1 Å². The van der Waals surface area contributed by atoms with Crippen molar-refractivity contribution in [2.45, 2.75) is 6.42 Å². The molecular weight excluding hydrogens is 214 g/mol. The van der Waals surface area contributed by atoms with Gasteiger partial charge in [-0.25, -0.2) is 0 Å². The zero-order chi connectivity index (χ0) is 8.39. The summed E-state index contributed by atoms with van der Waals surface area (Å²) in [5.41, 5.74) is 3.77. The molecule has 0 aromatic heterocycles. The molecule has 1 aliphatic rings. The molecule has 12 heavy (non-hydrogen) atoms. The van der Waals surface area contributed by atoms with E-state index in [-0.39, 0.29) is 0 Å². The third-order valence-corrected chi connectivity index (χ3v) is 2.39. The first-order valence-corrected chi connectivity index (χ1v) is 5.09. The highest BCUT2D eigenvalue weighted by Gasteiger charge is 2.08. The van der Waals surface area contributed by atoms with Gasteiger partial charge in [0.25, 0.3) is 0 Å². The Morgan fingerprint density at radius 3 is 3.08 bits per heavy atom. The minimum Gasteiger partial charge on any atom is -0.256 e. The lowest BCUT2D eigenvalue weighted by molar-refractivity contribution is 1.14. The Bertz CT molecular complexity index is 318. The van der Waals surface area contributed by atoms with E-state index in [4.69, 9.17) is 0 Å². The summed E-state index contributed by atoms with van der Waals surface area (Å²) in [7, 11) is 0. The molecule has 1 radical (unpaired) electrons. The predicted octanol–water partition coefficient (Wildman–Crippen LogP) is 2.84. The second-order valence-corrected chi connectivity index (χ2v) is 3.53. The van der Waals surface area contributed by atoms with E-state index in [0.717, 1.165) is 17.4 Å². The van der Waals surface area contributed by atoms with E-state index in [1.54, 1.807) is 0 Å². The number of benzene rings is 1. The van der Waals surface area contributed by atoms with Crippen molar-refractivity contribution in [1.29, 1.82) is 0 Å². The molecular formula is C10H9BrN. The highest BCUT2D eigenvalue weighted by atomic mass is 79.9. The van der Waals surface area contributed by atoms with E-state index in [1.165, 1.54) is 11.1 Å². The molecule has 0 saturated carbocycles. The summed E-state index contributed by atoms with van der Waals surface area (Å²) in [4.78, 5) is 0. The van der Waals surface area contributed by atoms with Crippen LogP contribution in [0.3, 0.4) is 0 Å². The van der Waals surface area contributed by atoms with Crippen LogP contribution in [0.4, 0.5) is 5.69 Å². The SMILES string of the molecule is BrCCc1cccc2c1C=C[N]2. The van der Waals surface area contributed by atoms with E-state index in [0.29, 0.717) is 0 Å². The molecule has 2 rings (SSSR count). The number of hydrogen-bond acceptors (Lipinski definition) is 0. The first kappa shape index (κ1) is 7.87. The molecule has 0 fully saturated rings. The first-order chi connectivity index (χ1) is 5.92. The monoisotopic (exact) mass is 222 g/mol. The van der Waals surface area contributed by atoms with Crippen molar-refractivity contribution in [2.75, 3.05) is 5.33 Å². The highest BCUT2D eigenvalue weighted by molar-refractivity contribution is 9.09. The Labute approximate surface area is 80.6 Å².